The number of hydrogen-bond donors (Lipinski definition) is 2. The number of pyridine rings is 1. The number of nitrogens with zero attached hydrogens (tertiary/aromatic N) is 1. The van der Waals surface area contributed by atoms with Crippen LogP contribution in [0.5, 0.6) is 0 Å². The van der Waals surface area contributed by atoms with E-state index in [0.717, 1.165) is 27.4 Å². The van der Waals surface area contributed by atoms with Crippen molar-refractivity contribution in [3.05, 3.63) is 57.7 Å². The van der Waals surface area contributed by atoms with Gasteiger partial charge >= 0.3 is 0 Å². The molecule has 0 saturated carbocycles. The van der Waals surface area contributed by atoms with Crippen molar-refractivity contribution >= 4 is 34.6 Å². The summed E-state index contributed by atoms with van der Waals surface area (Å²) in [7, 11) is 0. The van der Waals surface area contributed by atoms with Crippen LogP contribution in [0, 0.1) is 13.8 Å². The van der Waals surface area contributed by atoms with Crippen molar-refractivity contribution in [2.45, 2.75) is 26.8 Å². The summed E-state index contributed by atoms with van der Waals surface area (Å²) in [5, 5.41) is 4.09. The molecule has 0 bridgehead atoms. The fourth-order valence-corrected chi connectivity index (χ4v) is 2.92. The molecule has 1 aromatic heterocycles. The molecule has 5 heteroatoms. The van der Waals surface area contributed by atoms with Crippen molar-refractivity contribution < 1.29 is 0 Å². The predicted molar refractivity (Wildman–Crippen MR) is 93.1 cm³/mol. The summed E-state index contributed by atoms with van der Waals surface area (Å²) in [5.41, 5.74) is 9.57. The maximum absolute atomic E-state index is 6.24. The standard InChI is InChI=1S/C16H18ClN3S/c1-9-8-10(2)19-16(14(9)15(18)21)20-11(3)12-6-4-5-7-13(12)17/h4-8,11H,1-3H3,(H2,18,21)(H,19,20). The zero-order valence-corrected chi connectivity index (χ0v) is 13.8. The molecule has 0 radical (unpaired) electrons. The van der Waals surface area contributed by atoms with Crippen LogP contribution in [-0.4, -0.2) is 9.97 Å². The van der Waals surface area contributed by atoms with Gasteiger partial charge in [0.05, 0.1) is 11.6 Å². The number of anilines is 1. The first-order chi connectivity index (χ1) is 9.90. The van der Waals surface area contributed by atoms with Gasteiger partial charge in [0.1, 0.15) is 10.8 Å². The Bertz CT molecular complexity index is 685. The monoisotopic (exact) mass is 319 g/mol. The fourth-order valence-electron chi connectivity index (χ4n) is 2.36. The van der Waals surface area contributed by atoms with E-state index in [1.807, 2.05) is 51.1 Å². The Kier molecular flexibility index (Phi) is 4.80. The van der Waals surface area contributed by atoms with Crippen LogP contribution >= 0.6 is 23.8 Å². The highest BCUT2D eigenvalue weighted by Gasteiger charge is 2.15. The van der Waals surface area contributed by atoms with Crippen molar-refractivity contribution in [3.63, 3.8) is 0 Å². The van der Waals surface area contributed by atoms with Gasteiger partial charge in [-0.2, -0.15) is 0 Å². The second-order valence-electron chi connectivity index (χ2n) is 5.06. The first kappa shape index (κ1) is 15.7. The normalized spacial score (nSPS) is 12.0. The van der Waals surface area contributed by atoms with Crippen LogP contribution in [0.4, 0.5) is 5.82 Å². The van der Waals surface area contributed by atoms with E-state index in [9.17, 15) is 0 Å². The quantitative estimate of drug-likeness (QED) is 0.831. The molecular weight excluding hydrogens is 302 g/mol. The number of halogens is 1. The summed E-state index contributed by atoms with van der Waals surface area (Å²) >= 11 is 11.4. The minimum absolute atomic E-state index is 0.000463. The molecule has 1 aromatic carbocycles. The van der Waals surface area contributed by atoms with Crippen LogP contribution in [0.2, 0.25) is 5.02 Å². The van der Waals surface area contributed by atoms with E-state index in [2.05, 4.69) is 10.3 Å². The van der Waals surface area contributed by atoms with E-state index < -0.39 is 0 Å². The Morgan fingerprint density at radius 1 is 1.33 bits per heavy atom. The number of benzene rings is 1. The number of nitrogens with two attached hydrogens (primary N) is 1. The van der Waals surface area contributed by atoms with Crippen molar-refractivity contribution in [1.82, 2.24) is 4.98 Å². The number of hydrogen-bond acceptors (Lipinski definition) is 3. The molecule has 2 rings (SSSR count). The lowest BCUT2D eigenvalue weighted by Crippen LogP contribution is -2.18. The number of nitrogens with one attached hydrogen (secondary N) is 1. The van der Waals surface area contributed by atoms with Crippen molar-refractivity contribution in [2.75, 3.05) is 5.32 Å². The SMILES string of the molecule is Cc1cc(C)c(C(N)=S)c(NC(C)c2ccccc2Cl)n1. The molecule has 0 aliphatic carbocycles. The maximum atomic E-state index is 6.24. The molecule has 0 spiro atoms. The molecule has 0 saturated heterocycles. The second-order valence-corrected chi connectivity index (χ2v) is 5.90. The van der Waals surface area contributed by atoms with Gasteiger partial charge in [-0.3, -0.25) is 0 Å². The largest absolute Gasteiger partial charge is 0.389 e. The third kappa shape index (κ3) is 3.52. The lowest BCUT2D eigenvalue weighted by Gasteiger charge is -2.20. The molecule has 3 N–H and O–H groups in total. The summed E-state index contributed by atoms with van der Waals surface area (Å²) in [5.74, 6) is 0.701. The molecule has 1 unspecified atom stereocenters. The highest BCUT2D eigenvalue weighted by molar-refractivity contribution is 7.80. The lowest BCUT2D eigenvalue weighted by atomic mass is 10.1. The number of thiocarbonyl (C=S) groups is 1. The molecule has 2 aromatic rings. The van der Waals surface area contributed by atoms with Gasteiger partial charge in [-0.05, 0) is 44.0 Å². The van der Waals surface area contributed by atoms with E-state index in [1.54, 1.807) is 0 Å². The van der Waals surface area contributed by atoms with Crippen LogP contribution in [0.15, 0.2) is 30.3 Å². The van der Waals surface area contributed by atoms with Crippen LogP contribution < -0.4 is 11.1 Å². The Morgan fingerprint density at radius 3 is 2.62 bits per heavy atom. The maximum Gasteiger partial charge on any atom is 0.137 e. The van der Waals surface area contributed by atoms with E-state index >= 15 is 0 Å². The zero-order valence-electron chi connectivity index (χ0n) is 12.3. The zero-order chi connectivity index (χ0) is 15.6. The molecule has 0 aliphatic rings. The van der Waals surface area contributed by atoms with Crippen molar-refractivity contribution in [2.24, 2.45) is 5.73 Å². The van der Waals surface area contributed by atoms with Gasteiger partial charge in [0.2, 0.25) is 0 Å². The molecule has 3 nitrogen and oxygen atoms in total. The third-order valence-electron chi connectivity index (χ3n) is 3.32. The van der Waals surface area contributed by atoms with Gasteiger partial charge in [0.25, 0.3) is 0 Å². The Morgan fingerprint density at radius 2 is 2.00 bits per heavy atom. The summed E-state index contributed by atoms with van der Waals surface area (Å²) < 4.78 is 0. The highest BCUT2D eigenvalue weighted by atomic mass is 35.5. The molecule has 0 fully saturated rings. The average molecular weight is 320 g/mol. The first-order valence-corrected chi connectivity index (χ1v) is 7.47. The van der Waals surface area contributed by atoms with Gasteiger partial charge in [-0.25, -0.2) is 4.98 Å². The predicted octanol–water partition coefficient (Wildman–Crippen LogP) is 4.16. The molecule has 1 heterocycles. The summed E-state index contributed by atoms with van der Waals surface area (Å²) in [4.78, 5) is 4.87. The van der Waals surface area contributed by atoms with Gasteiger partial charge in [-0.1, -0.05) is 42.0 Å². The van der Waals surface area contributed by atoms with Crippen molar-refractivity contribution in [1.29, 1.82) is 0 Å². The Balaban J connectivity index is 2.40. The smallest absolute Gasteiger partial charge is 0.137 e. The fraction of sp³-hybridized carbons (Fsp3) is 0.250. The number of aryl methyl sites for hydroxylation is 2. The Hall–Kier alpha value is -1.65. The molecule has 21 heavy (non-hydrogen) atoms. The van der Waals surface area contributed by atoms with Crippen LogP contribution in [0.25, 0.3) is 0 Å². The minimum atomic E-state index is 0.000463. The average Bonchev–Trinajstić information content (AvgIpc) is 2.37. The molecule has 110 valence electrons. The third-order valence-corrected chi connectivity index (χ3v) is 3.86. The highest BCUT2D eigenvalue weighted by Crippen LogP contribution is 2.27. The molecule has 0 amide bonds. The van der Waals surface area contributed by atoms with Crippen LogP contribution in [0.1, 0.15) is 35.3 Å². The van der Waals surface area contributed by atoms with E-state index in [4.69, 9.17) is 29.6 Å². The first-order valence-electron chi connectivity index (χ1n) is 6.69. The molecule has 0 aliphatic heterocycles. The molecule has 1 atom stereocenters. The topological polar surface area (TPSA) is 50.9 Å². The van der Waals surface area contributed by atoms with Crippen molar-refractivity contribution in [3.8, 4) is 0 Å². The Labute approximate surface area is 135 Å². The number of rotatable bonds is 4. The summed E-state index contributed by atoms with van der Waals surface area (Å²) in [6.45, 7) is 5.96. The minimum Gasteiger partial charge on any atom is -0.389 e. The van der Waals surface area contributed by atoms with Gasteiger partial charge < -0.3 is 11.1 Å². The number of aromatic nitrogens is 1. The summed E-state index contributed by atoms with van der Waals surface area (Å²) in [6, 6.07) is 9.71. The van der Waals surface area contributed by atoms with Gasteiger partial charge in [0, 0.05) is 10.7 Å². The summed E-state index contributed by atoms with van der Waals surface area (Å²) in [6.07, 6.45) is 0. The second kappa shape index (κ2) is 6.41. The van der Waals surface area contributed by atoms with E-state index in [0.29, 0.717) is 10.8 Å². The van der Waals surface area contributed by atoms with Crippen LogP contribution in [0.3, 0.4) is 0 Å². The molecular formula is C16H18ClN3S. The van der Waals surface area contributed by atoms with E-state index in [1.165, 1.54) is 0 Å². The van der Waals surface area contributed by atoms with Crippen LogP contribution in [-0.2, 0) is 0 Å². The van der Waals surface area contributed by atoms with Gasteiger partial charge in [-0.15, -0.1) is 0 Å². The lowest BCUT2D eigenvalue weighted by molar-refractivity contribution is 0.871. The van der Waals surface area contributed by atoms with E-state index in [-0.39, 0.29) is 6.04 Å². The van der Waals surface area contributed by atoms with Gasteiger partial charge in [0.15, 0.2) is 0 Å².